The molecule has 3 rings (SSSR count). The molecule has 1 aliphatic rings. The van der Waals surface area contributed by atoms with E-state index in [-0.39, 0.29) is 5.91 Å². The molecule has 1 N–H and O–H groups in total. The molecule has 0 aliphatic carbocycles. The third-order valence-corrected chi connectivity index (χ3v) is 4.90. The molecule has 0 saturated carbocycles. The second-order valence-corrected chi connectivity index (χ2v) is 6.64. The Bertz CT molecular complexity index is 746. The van der Waals surface area contributed by atoms with E-state index in [0.29, 0.717) is 11.6 Å². The van der Waals surface area contributed by atoms with E-state index < -0.39 is 0 Å². The number of aryl methyl sites for hydroxylation is 2. The van der Waals surface area contributed by atoms with Crippen molar-refractivity contribution in [3.8, 4) is 0 Å². The molecule has 1 amide bonds. The third-order valence-electron chi connectivity index (χ3n) is 4.90. The summed E-state index contributed by atoms with van der Waals surface area (Å²) in [6.45, 7) is 7.53. The topological polar surface area (TPSA) is 61.4 Å². The van der Waals surface area contributed by atoms with Crippen LogP contribution in [0.5, 0.6) is 0 Å². The second kappa shape index (κ2) is 8.27. The lowest BCUT2D eigenvalue weighted by Crippen LogP contribution is -2.47. The summed E-state index contributed by atoms with van der Waals surface area (Å²) in [5.74, 6) is 0.448. The van der Waals surface area contributed by atoms with E-state index in [1.807, 2.05) is 4.90 Å². The molecule has 1 aliphatic heterocycles. The number of anilines is 2. The molecule has 26 heavy (non-hydrogen) atoms. The number of nitrogens with one attached hydrogen (secondary N) is 1. The SMILES string of the molecule is CCc1cccc(CC)c1Nc1nccc(C(=O)N2CCN(C)CC2)n1. The zero-order chi connectivity index (χ0) is 18.5. The van der Waals surface area contributed by atoms with E-state index in [4.69, 9.17) is 0 Å². The lowest BCUT2D eigenvalue weighted by molar-refractivity contribution is 0.0658. The molecular formula is C20H27N5O. The Balaban J connectivity index is 1.81. The number of carbonyl (C=O) groups is 1. The van der Waals surface area contributed by atoms with Crippen molar-refractivity contribution < 1.29 is 4.79 Å². The van der Waals surface area contributed by atoms with Crippen molar-refractivity contribution in [1.29, 1.82) is 0 Å². The van der Waals surface area contributed by atoms with E-state index in [1.54, 1.807) is 12.3 Å². The van der Waals surface area contributed by atoms with Gasteiger partial charge in [-0.3, -0.25) is 4.79 Å². The van der Waals surface area contributed by atoms with Gasteiger partial charge in [-0.1, -0.05) is 32.0 Å². The summed E-state index contributed by atoms with van der Waals surface area (Å²) in [6.07, 6.45) is 3.50. The molecule has 0 unspecified atom stereocenters. The molecule has 2 heterocycles. The van der Waals surface area contributed by atoms with E-state index >= 15 is 0 Å². The lowest BCUT2D eigenvalue weighted by atomic mass is 10.0. The van der Waals surface area contributed by atoms with Gasteiger partial charge in [-0.25, -0.2) is 9.97 Å². The van der Waals surface area contributed by atoms with Crippen molar-refractivity contribution in [2.45, 2.75) is 26.7 Å². The molecule has 0 atom stereocenters. The highest BCUT2D eigenvalue weighted by Crippen LogP contribution is 2.25. The van der Waals surface area contributed by atoms with Gasteiger partial charge in [-0.2, -0.15) is 0 Å². The lowest BCUT2D eigenvalue weighted by Gasteiger charge is -2.32. The fourth-order valence-corrected chi connectivity index (χ4v) is 3.22. The van der Waals surface area contributed by atoms with E-state index in [0.717, 1.165) is 44.7 Å². The van der Waals surface area contributed by atoms with Crippen LogP contribution in [0, 0.1) is 0 Å². The Morgan fingerprint density at radius 3 is 2.35 bits per heavy atom. The third kappa shape index (κ3) is 4.02. The molecule has 2 aromatic rings. The van der Waals surface area contributed by atoms with E-state index in [2.05, 4.69) is 59.3 Å². The molecule has 1 aromatic heterocycles. The first-order valence-corrected chi connectivity index (χ1v) is 9.31. The highest BCUT2D eigenvalue weighted by atomic mass is 16.2. The fourth-order valence-electron chi connectivity index (χ4n) is 3.22. The van der Waals surface area contributed by atoms with Crippen LogP contribution < -0.4 is 5.32 Å². The van der Waals surface area contributed by atoms with Gasteiger partial charge < -0.3 is 15.1 Å². The van der Waals surface area contributed by atoms with Crippen LogP contribution in [0.2, 0.25) is 0 Å². The van der Waals surface area contributed by atoms with Crippen LogP contribution in [0.4, 0.5) is 11.6 Å². The predicted molar refractivity (Wildman–Crippen MR) is 104 cm³/mol. The average molecular weight is 353 g/mol. The number of likely N-dealkylation sites (N-methyl/N-ethyl adjacent to an activating group) is 1. The van der Waals surface area contributed by atoms with Gasteiger partial charge in [0.2, 0.25) is 5.95 Å². The van der Waals surface area contributed by atoms with Crippen molar-refractivity contribution in [1.82, 2.24) is 19.8 Å². The Morgan fingerprint density at radius 1 is 1.08 bits per heavy atom. The van der Waals surface area contributed by atoms with Crippen molar-refractivity contribution >= 4 is 17.5 Å². The number of aromatic nitrogens is 2. The van der Waals surface area contributed by atoms with Gasteiger partial charge in [0.1, 0.15) is 5.69 Å². The minimum atomic E-state index is -0.0250. The summed E-state index contributed by atoms with van der Waals surface area (Å²) < 4.78 is 0. The first-order chi connectivity index (χ1) is 12.6. The van der Waals surface area contributed by atoms with Crippen molar-refractivity contribution in [3.63, 3.8) is 0 Å². The number of nitrogens with zero attached hydrogens (tertiary/aromatic N) is 4. The first-order valence-electron chi connectivity index (χ1n) is 9.31. The quantitative estimate of drug-likeness (QED) is 0.896. The van der Waals surface area contributed by atoms with E-state index in [9.17, 15) is 4.79 Å². The minimum absolute atomic E-state index is 0.0250. The van der Waals surface area contributed by atoms with Crippen LogP contribution in [-0.4, -0.2) is 58.9 Å². The Morgan fingerprint density at radius 2 is 1.73 bits per heavy atom. The Kier molecular flexibility index (Phi) is 5.83. The largest absolute Gasteiger partial charge is 0.335 e. The number of amides is 1. The zero-order valence-corrected chi connectivity index (χ0v) is 15.8. The molecule has 6 nitrogen and oxygen atoms in total. The van der Waals surface area contributed by atoms with Crippen LogP contribution >= 0.6 is 0 Å². The van der Waals surface area contributed by atoms with Gasteiger partial charge in [0.05, 0.1) is 0 Å². The summed E-state index contributed by atoms with van der Waals surface area (Å²) in [4.78, 5) is 25.6. The van der Waals surface area contributed by atoms with Gasteiger partial charge in [0, 0.05) is 38.1 Å². The van der Waals surface area contributed by atoms with E-state index in [1.165, 1.54) is 11.1 Å². The smallest absolute Gasteiger partial charge is 0.272 e. The van der Waals surface area contributed by atoms with Crippen LogP contribution in [0.3, 0.4) is 0 Å². The number of piperazine rings is 1. The van der Waals surface area contributed by atoms with Gasteiger partial charge in [-0.15, -0.1) is 0 Å². The molecule has 0 spiro atoms. The maximum atomic E-state index is 12.7. The summed E-state index contributed by atoms with van der Waals surface area (Å²) >= 11 is 0. The Hall–Kier alpha value is -2.47. The Labute approximate surface area is 155 Å². The highest BCUT2D eigenvalue weighted by Gasteiger charge is 2.21. The summed E-state index contributed by atoms with van der Waals surface area (Å²) in [6, 6.07) is 8.00. The predicted octanol–water partition coefficient (Wildman–Crippen LogP) is 2.73. The molecule has 138 valence electrons. The summed E-state index contributed by atoms with van der Waals surface area (Å²) in [5, 5.41) is 3.35. The number of para-hydroxylation sites is 1. The molecule has 0 radical (unpaired) electrons. The van der Waals surface area contributed by atoms with Crippen molar-refractivity contribution in [2.75, 3.05) is 38.5 Å². The summed E-state index contributed by atoms with van der Waals surface area (Å²) in [7, 11) is 2.07. The monoisotopic (exact) mass is 353 g/mol. The van der Waals surface area contributed by atoms with Crippen molar-refractivity contribution in [2.24, 2.45) is 0 Å². The fraction of sp³-hybridized carbons (Fsp3) is 0.450. The number of benzene rings is 1. The molecule has 1 fully saturated rings. The zero-order valence-electron chi connectivity index (χ0n) is 15.8. The molecule has 6 heteroatoms. The summed E-state index contributed by atoms with van der Waals surface area (Å²) in [5.41, 5.74) is 3.95. The van der Waals surface area contributed by atoms with Crippen molar-refractivity contribution in [3.05, 3.63) is 47.3 Å². The van der Waals surface area contributed by atoms with Crippen LogP contribution in [0.25, 0.3) is 0 Å². The number of carbonyl (C=O) groups excluding carboxylic acids is 1. The molecule has 1 aromatic carbocycles. The standard InChI is InChI=1S/C20H27N5O/c1-4-15-7-6-8-16(5-2)18(15)23-20-21-10-9-17(22-20)19(26)25-13-11-24(3)12-14-25/h6-10H,4-5,11-14H2,1-3H3,(H,21,22,23). The minimum Gasteiger partial charge on any atom is -0.335 e. The van der Waals surface area contributed by atoms with Gasteiger partial charge in [0.25, 0.3) is 5.91 Å². The highest BCUT2D eigenvalue weighted by molar-refractivity contribution is 5.92. The first kappa shape index (κ1) is 18.3. The average Bonchev–Trinajstić information content (AvgIpc) is 2.68. The van der Waals surface area contributed by atoms with Crippen LogP contribution in [0.1, 0.15) is 35.5 Å². The van der Waals surface area contributed by atoms with Gasteiger partial charge in [0.15, 0.2) is 0 Å². The number of rotatable bonds is 5. The number of hydrogen-bond donors (Lipinski definition) is 1. The number of hydrogen-bond acceptors (Lipinski definition) is 5. The van der Waals surface area contributed by atoms with Crippen LogP contribution in [0.15, 0.2) is 30.5 Å². The van der Waals surface area contributed by atoms with Gasteiger partial charge in [-0.05, 0) is 37.1 Å². The molecular weight excluding hydrogens is 326 g/mol. The molecule has 0 bridgehead atoms. The molecule has 1 saturated heterocycles. The van der Waals surface area contributed by atoms with Gasteiger partial charge >= 0.3 is 0 Å². The second-order valence-electron chi connectivity index (χ2n) is 6.64. The maximum absolute atomic E-state index is 12.7. The normalized spacial score (nSPS) is 15.1. The van der Waals surface area contributed by atoms with Crippen LogP contribution in [-0.2, 0) is 12.8 Å². The maximum Gasteiger partial charge on any atom is 0.272 e.